The number of hydrogen-bond acceptors (Lipinski definition) is 1. The van der Waals surface area contributed by atoms with Gasteiger partial charge in [-0.15, -0.1) is 0 Å². The number of rotatable bonds is 3. The molecule has 0 saturated heterocycles. The fourth-order valence-electron chi connectivity index (χ4n) is 1.94. The number of aryl methyl sites for hydroxylation is 3. The van der Waals surface area contributed by atoms with E-state index >= 15 is 0 Å². The molecule has 0 amide bonds. The molecule has 2 aromatic rings. The zero-order valence-electron chi connectivity index (χ0n) is 10.7. The third-order valence-corrected chi connectivity index (χ3v) is 3.02. The summed E-state index contributed by atoms with van der Waals surface area (Å²) in [4.78, 5) is 0. The molecule has 0 unspecified atom stereocenters. The average Bonchev–Trinajstić information content (AvgIpc) is 2.28. The Kier molecular flexibility index (Phi) is 3.48. The lowest BCUT2D eigenvalue weighted by Gasteiger charge is -2.11. The molecular formula is C16H18O. The van der Waals surface area contributed by atoms with Crippen molar-refractivity contribution in [3.8, 4) is 5.75 Å². The molecular weight excluding hydrogens is 208 g/mol. The lowest BCUT2D eigenvalue weighted by Crippen LogP contribution is -2.00. The summed E-state index contributed by atoms with van der Waals surface area (Å²) in [7, 11) is 0. The first kappa shape index (κ1) is 11.7. The van der Waals surface area contributed by atoms with Crippen LogP contribution in [0.5, 0.6) is 5.75 Å². The minimum atomic E-state index is 0.641. The van der Waals surface area contributed by atoms with Crippen LogP contribution < -0.4 is 4.74 Å². The van der Waals surface area contributed by atoms with Crippen molar-refractivity contribution in [2.75, 3.05) is 0 Å². The van der Waals surface area contributed by atoms with Gasteiger partial charge in [-0.25, -0.2) is 0 Å². The summed E-state index contributed by atoms with van der Waals surface area (Å²) in [6.07, 6.45) is 0. The topological polar surface area (TPSA) is 9.23 Å². The van der Waals surface area contributed by atoms with Gasteiger partial charge >= 0.3 is 0 Å². The van der Waals surface area contributed by atoms with Gasteiger partial charge in [0.2, 0.25) is 0 Å². The SMILES string of the molecule is Cc1cccc(OCc2c(C)cccc2C)c1. The van der Waals surface area contributed by atoms with Crippen molar-refractivity contribution in [2.24, 2.45) is 0 Å². The van der Waals surface area contributed by atoms with E-state index in [9.17, 15) is 0 Å². The van der Waals surface area contributed by atoms with Crippen molar-refractivity contribution < 1.29 is 4.74 Å². The third-order valence-electron chi connectivity index (χ3n) is 3.02. The molecule has 0 saturated carbocycles. The van der Waals surface area contributed by atoms with Crippen LogP contribution >= 0.6 is 0 Å². The van der Waals surface area contributed by atoms with Crippen molar-refractivity contribution in [1.29, 1.82) is 0 Å². The van der Waals surface area contributed by atoms with Crippen molar-refractivity contribution in [3.63, 3.8) is 0 Å². The third kappa shape index (κ3) is 2.88. The second-order valence-corrected chi connectivity index (χ2v) is 4.48. The highest BCUT2D eigenvalue weighted by Crippen LogP contribution is 2.18. The van der Waals surface area contributed by atoms with E-state index in [1.165, 1.54) is 22.3 Å². The van der Waals surface area contributed by atoms with Gasteiger partial charge in [-0.3, -0.25) is 0 Å². The Hall–Kier alpha value is -1.76. The Bertz CT molecular complexity index is 494. The van der Waals surface area contributed by atoms with Crippen LogP contribution in [0.25, 0.3) is 0 Å². The quantitative estimate of drug-likeness (QED) is 0.762. The molecule has 0 fully saturated rings. The lowest BCUT2D eigenvalue weighted by atomic mass is 10.0. The van der Waals surface area contributed by atoms with E-state index in [1.54, 1.807) is 0 Å². The maximum atomic E-state index is 5.83. The van der Waals surface area contributed by atoms with Crippen LogP contribution in [0.1, 0.15) is 22.3 Å². The molecule has 0 N–H and O–H groups in total. The molecule has 2 rings (SSSR count). The molecule has 1 heteroatoms. The fraction of sp³-hybridized carbons (Fsp3) is 0.250. The summed E-state index contributed by atoms with van der Waals surface area (Å²) in [5.74, 6) is 0.938. The van der Waals surface area contributed by atoms with Gasteiger partial charge in [0.25, 0.3) is 0 Å². The smallest absolute Gasteiger partial charge is 0.120 e. The first-order valence-corrected chi connectivity index (χ1v) is 5.91. The van der Waals surface area contributed by atoms with Gasteiger partial charge in [0.15, 0.2) is 0 Å². The molecule has 88 valence electrons. The molecule has 0 spiro atoms. The molecule has 1 nitrogen and oxygen atoms in total. The summed E-state index contributed by atoms with van der Waals surface area (Å²) in [6, 6.07) is 14.5. The van der Waals surface area contributed by atoms with Crippen molar-refractivity contribution in [1.82, 2.24) is 0 Å². The van der Waals surface area contributed by atoms with Crippen LogP contribution in [-0.4, -0.2) is 0 Å². The minimum absolute atomic E-state index is 0.641. The van der Waals surface area contributed by atoms with Crippen LogP contribution in [0.4, 0.5) is 0 Å². The van der Waals surface area contributed by atoms with Gasteiger partial charge in [0, 0.05) is 0 Å². The Labute approximate surface area is 103 Å². The first-order chi connectivity index (χ1) is 8.16. The monoisotopic (exact) mass is 226 g/mol. The largest absolute Gasteiger partial charge is 0.489 e. The minimum Gasteiger partial charge on any atom is -0.489 e. The van der Waals surface area contributed by atoms with E-state index in [2.05, 4.69) is 51.1 Å². The van der Waals surface area contributed by atoms with Crippen LogP contribution in [0.3, 0.4) is 0 Å². The molecule has 0 radical (unpaired) electrons. The van der Waals surface area contributed by atoms with Gasteiger partial charge in [-0.1, -0.05) is 30.3 Å². The zero-order chi connectivity index (χ0) is 12.3. The van der Waals surface area contributed by atoms with E-state index in [0.717, 1.165) is 5.75 Å². The molecule has 0 atom stereocenters. The molecule has 0 aliphatic carbocycles. The maximum Gasteiger partial charge on any atom is 0.120 e. The predicted octanol–water partition coefficient (Wildman–Crippen LogP) is 4.19. The summed E-state index contributed by atoms with van der Waals surface area (Å²) in [5, 5.41) is 0. The molecule has 0 heterocycles. The molecule has 17 heavy (non-hydrogen) atoms. The predicted molar refractivity (Wildman–Crippen MR) is 71.4 cm³/mol. The molecule has 0 aliphatic rings. The molecule has 2 aromatic carbocycles. The summed E-state index contributed by atoms with van der Waals surface area (Å²) < 4.78 is 5.83. The summed E-state index contributed by atoms with van der Waals surface area (Å²) >= 11 is 0. The van der Waals surface area contributed by atoms with Gasteiger partial charge in [0.1, 0.15) is 12.4 Å². The normalized spacial score (nSPS) is 10.3. The highest BCUT2D eigenvalue weighted by atomic mass is 16.5. The Morgan fingerprint density at radius 3 is 2.18 bits per heavy atom. The van der Waals surface area contributed by atoms with E-state index in [-0.39, 0.29) is 0 Å². The Morgan fingerprint density at radius 2 is 1.53 bits per heavy atom. The average molecular weight is 226 g/mol. The van der Waals surface area contributed by atoms with Crippen molar-refractivity contribution in [2.45, 2.75) is 27.4 Å². The van der Waals surface area contributed by atoms with Gasteiger partial charge < -0.3 is 4.74 Å². The number of benzene rings is 2. The van der Waals surface area contributed by atoms with Crippen molar-refractivity contribution in [3.05, 3.63) is 64.7 Å². The zero-order valence-corrected chi connectivity index (χ0v) is 10.7. The first-order valence-electron chi connectivity index (χ1n) is 5.91. The maximum absolute atomic E-state index is 5.83. The number of hydrogen-bond donors (Lipinski definition) is 0. The fourth-order valence-corrected chi connectivity index (χ4v) is 1.94. The van der Waals surface area contributed by atoms with Crippen LogP contribution in [0.2, 0.25) is 0 Å². The van der Waals surface area contributed by atoms with E-state index in [4.69, 9.17) is 4.74 Å². The Balaban J connectivity index is 2.13. The second kappa shape index (κ2) is 5.05. The van der Waals surface area contributed by atoms with Gasteiger partial charge in [-0.05, 0) is 55.2 Å². The highest BCUT2D eigenvalue weighted by molar-refractivity contribution is 5.34. The standard InChI is InChI=1S/C16H18O/c1-12-6-4-9-15(10-12)17-11-16-13(2)7-5-8-14(16)3/h4-10H,11H2,1-3H3. The Morgan fingerprint density at radius 1 is 0.882 bits per heavy atom. The van der Waals surface area contributed by atoms with E-state index in [1.807, 2.05) is 12.1 Å². The van der Waals surface area contributed by atoms with E-state index in [0.29, 0.717) is 6.61 Å². The summed E-state index contributed by atoms with van der Waals surface area (Å²) in [6.45, 7) is 6.97. The molecule has 0 aromatic heterocycles. The second-order valence-electron chi connectivity index (χ2n) is 4.48. The lowest BCUT2D eigenvalue weighted by molar-refractivity contribution is 0.304. The van der Waals surface area contributed by atoms with Crippen LogP contribution in [0.15, 0.2) is 42.5 Å². The summed E-state index contributed by atoms with van der Waals surface area (Å²) in [5.41, 5.74) is 5.09. The van der Waals surface area contributed by atoms with E-state index < -0.39 is 0 Å². The molecule has 0 bridgehead atoms. The molecule has 0 aliphatic heterocycles. The van der Waals surface area contributed by atoms with Gasteiger partial charge in [0.05, 0.1) is 0 Å². The van der Waals surface area contributed by atoms with Crippen LogP contribution in [-0.2, 0) is 6.61 Å². The highest BCUT2D eigenvalue weighted by Gasteiger charge is 2.03. The van der Waals surface area contributed by atoms with Gasteiger partial charge in [-0.2, -0.15) is 0 Å². The number of ether oxygens (including phenoxy) is 1. The van der Waals surface area contributed by atoms with Crippen LogP contribution in [0, 0.1) is 20.8 Å². The van der Waals surface area contributed by atoms with Crippen molar-refractivity contribution >= 4 is 0 Å².